The van der Waals surface area contributed by atoms with Gasteiger partial charge in [-0.05, 0) is 37.6 Å². The van der Waals surface area contributed by atoms with Crippen LogP contribution in [0.25, 0.3) is 10.2 Å². The second-order valence-electron chi connectivity index (χ2n) is 6.84. The third kappa shape index (κ3) is 3.99. The monoisotopic (exact) mass is 443 g/mol. The van der Waals surface area contributed by atoms with Crippen molar-refractivity contribution in [3.63, 3.8) is 0 Å². The molecule has 0 aliphatic rings. The molecule has 11 heteroatoms. The first-order valence-corrected chi connectivity index (χ1v) is 9.89. The first kappa shape index (κ1) is 20.5. The molecular weight excluding hydrogens is 428 g/mol. The summed E-state index contributed by atoms with van der Waals surface area (Å²) in [6.07, 6.45) is 0. The highest BCUT2D eigenvalue weighted by molar-refractivity contribution is 7.22. The van der Waals surface area contributed by atoms with E-state index in [0.29, 0.717) is 28.2 Å². The number of nitro groups is 1. The minimum Gasteiger partial charge on any atom is -0.298 e. The van der Waals surface area contributed by atoms with Crippen LogP contribution < -0.4 is 5.32 Å². The van der Waals surface area contributed by atoms with Crippen LogP contribution in [0.15, 0.2) is 36.4 Å². The molecule has 0 saturated heterocycles. The van der Waals surface area contributed by atoms with Gasteiger partial charge < -0.3 is 0 Å². The molecule has 158 valence electrons. The van der Waals surface area contributed by atoms with Gasteiger partial charge >= 0.3 is 5.69 Å². The van der Waals surface area contributed by atoms with Crippen molar-refractivity contribution in [2.75, 3.05) is 5.32 Å². The maximum atomic E-state index is 13.3. The van der Waals surface area contributed by atoms with Crippen LogP contribution >= 0.6 is 11.3 Å². The number of nitrogens with one attached hydrogen (secondary N) is 1. The standard InChI is InChI=1S/C20H15F2N5O3S/c1-10-18(27(29)30)11(2)26(25-10)9-12-3-5-13(6-4-12)19(28)24-20-23-16-7-14(21)15(22)8-17(16)31-20/h3-8H,9H2,1-2H3,(H,23,24,28). The average Bonchev–Trinajstić information content (AvgIpc) is 3.21. The Morgan fingerprint density at radius 2 is 1.87 bits per heavy atom. The molecule has 0 aliphatic carbocycles. The second kappa shape index (κ2) is 7.84. The van der Waals surface area contributed by atoms with Crippen LogP contribution in [0.1, 0.15) is 27.3 Å². The molecule has 0 saturated carbocycles. The van der Waals surface area contributed by atoms with E-state index in [0.717, 1.165) is 29.0 Å². The Balaban J connectivity index is 1.49. The fraction of sp³-hybridized carbons (Fsp3) is 0.150. The van der Waals surface area contributed by atoms with E-state index < -0.39 is 22.5 Å². The van der Waals surface area contributed by atoms with E-state index in [1.165, 1.54) is 0 Å². The van der Waals surface area contributed by atoms with Gasteiger partial charge in [0.25, 0.3) is 5.91 Å². The number of amides is 1. The molecule has 8 nitrogen and oxygen atoms in total. The molecule has 0 spiro atoms. The molecule has 2 aromatic heterocycles. The molecule has 0 radical (unpaired) electrons. The predicted molar refractivity (Wildman–Crippen MR) is 111 cm³/mol. The van der Waals surface area contributed by atoms with E-state index in [4.69, 9.17) is 0 Å². The highest BCUT2D eigenvalue weighted by Crippen LogP contribution is 2.28. The molecule has 31 heavy (non-hydrogen) atoms. The van der Waals surface area contributed by atoms with Crippen LogP contribution in [0.2, 0.25) is 0 Å². The van der Waals surface area contributed by atoms with Gasteiger partial charge in [-0.15, -0.1) is 0 Å². The topological polar surface area (TPSA) is 103 Å². The van der Waals surface area contributed by atoms with Crippen molar-refractivity contribution in [3.05, 3.63) is 80.7 Å². The molecule has 0 bridgehead atoms. The van der Waals surface area contributed by atoms with Crippen LogP contribution in [-0.2, 0) is 6.54 Å². The number of hydrogen-bond acceptors (Lipinski definition) is 6. The Morgan fingerprint density at radius 1 is 1.19 bits per heavy atom. The zero-order chi connectivity index (χ0) is 22.3. The van der Waals surface area contributed by atoms with Gasteiger partial charge in [-0.3, -0.25) is 24.9 Å². The number of nitrogens with zero attached hydrogens (tertiary/aromatic N) is 4. The van der Waals surface area contributed by atoms with Crippen LogP contribution in [0.4, 0.5) is 19.6 Å². The number of aryl methyl sites for hydroxylation is 1. The van der Waals surface area contributed by atoms with Crippen molar-refractivity contribution in [1.82, 2.24) is 14.8 Å². The van der Waals surface area contributed by atoms with Gasteiger partial charge in [-0.25, -0.2) is 13.8 Å². The number of hydrogen-bond donors (Lipinski definition) is 1. The minimum atomic E-state index is -1.00. The fourth-order valence-corrected chi connectivity index (χ4v) is 4.05. The lowest BCUT2D eigenvalue weighted by atomic mass is 10.1. The lowest BCUT2D eigenvalue weighted by Crippen LogP contribution is -2.12. The molecule has 2 heterocycles. The van der Waals surface area contributed by atoms with Crippen molar-refractivity contribution < 1.29 is 18.5 Å². The normalized spacial score (nSPS) is 11.1. The number of benzene rings is 2. The third-order valence-corrected chi connectivity index (χ3v) is 5.66. The average molecular weight is 443 g/mol. The van der Waals surface area contributed by atoms with Crippen LogP contribution in [0, 0.1) is 35.6 Å². The summed E-state index contributed by atoms with van der Waals surface area (Å²) in [6, 6.07) is 8.68. The highest BCUT2D eigenvalue weighted by Gasteiger charge is 2.21. The predicted octanol–water partition coefficient (Wildman–Crippen LogP) is 4.60. The first-order chi connectivity index (χ1) is 14.7. The molecule has 0 unspecified atom stereocenters. The summed E-state index contributed by atoms with van der Waals surface area (Å²) in [4.78, 5) is 27.3. The molecule has 1 N–H and O–H groups in total. The minimum absolute atomic E-state index is 0.00778. The first-order valence-electron chi connectivity index (χ1n) is 9.07. The summed E-state index contributed by atoms with van der Waals surface area (Å²) in [5.41, 5.74) is 2.21. The summed E-state index contributed by atoms with van der Waals surface area (Å²) in [5, 5.41) is 18.2. The Bertz CT molecular complexity index is 1290. The van der Waals surface area contributed by atoms with Crippen LogP contribution in [-0.4, -0.2) is 25.6 Å². The lowest BCUT2D eigenvalue weighted by Gasteiger charge is -2.06. The third-order valence-electron chi connectivity index (χ3n) is 4.73. The Labute approximate surface area is 178 Å². The number of carbonyl (C=O) groups excluding carboxylic acids is 1. The summed E-state index contributed by atoms with van der Waals surface area (Å²) < 4.78 is 28.6. The van der Waals surface area contributed by atoms with Crippen molar-refractivity contribution >= 4 is 38.3 Å². The smallest absolute Gasteiger partial charge is 0.298 e. The SMILES string of the molecule is Cc1nn(Cc2ccc(C(=O)Nc3nc4cc(F)c(F)cc4s3)cc2)c(C)c1[N+](=O)[O-]. The van der Waals surface area contributed by atoms with Crippen molar-refractivity contribution in [3.8, 4) is 0 Å². The molecule has 0 fully saturated rings. The fourth-order valence-electron chi connectivity index (χ4n) is 3.19. The van der Waals surface area contributed by atoms with E-state index in [-0.39, 0.29) is 16.3 Å². The zero-order valence-electron chi connectivity index (χ0n) is 16.3. The van der Waals surface area contributed by atoms with Gasteiger partial charge in [0.2, 0.25) is 0 Å². The molecule has 1 amide bonds. The molecule has 4 aromatic rings. The van der Waals surface area contributed by atoms with Crippen LogP contribution in [0.3, 0.4) is 0 Å². The number of carbonyl (C=O) groups is 1. The van der Waals surface area contributed by atoms with Crippen molar-refractivity contribution in [1.29, 1.82) is 0 Å². The number of halogens is 2. The Kier molecular flexibility index (Phi) is 5.19. The quantitative estimate of drug-likeness (QED) is 0.359. The number of thiazole rings is 1. The maximum Gasteiger partial charge on any atom is 0.312 e. The van der Waals surface area contributed by atoms with Crippen molar-refractivity contribution in [2.24, 2.45) is 0 Å². The molecule has 0 atom stereocenters. The van der Waals surface area contributed by atoms with Crippen LogP contribution in [0.5, 0.6) is 0 Å². The Morgan fingerprint density at radius 3 is 2.52 bits per heavy atom. The summed E-state index contributed by atoms with van der Waals surface area (Å²) in [7, 11) is 0. The molecule has 4 rings (SSSR count). The van der Waals surface area contributed by atoms with E-state index >= 15 is 0 Å². The molecular formula is C20H15F2N5O3S. The van der Waals surface area contributed by atoms with Gasteiger partial charge in [0, 0.05) is 11.6 Å². The molecule has 0 aliphatic heterocycles. The number of rotatable bonds is 5. The second-order valence-corrected chi connectivity index (χ2v) is 7.87. The summed E-state index contributed by atoms with van der Waals surface area (Å²) >= 11 is 1.04. The number of fused-ring (bicyclic) bond motifs is 1. The number of aromatic nitrogens is 3. The van der Waals surface area contributed by atoms with E-state index in [9.17, 15) is 23.7 Å². The van der Waals surface area contributed by atoms with Gasteiger partial charge in [-0.2, -0.15) is 5.10 Å². The van der Waals surface area contributed by atoms with E-state index in [1.807, 2.05) is 0 Å². The molecule has 2 aromatic carbocycles. The van der Waals surface area contributed by atoms with Gasteiger partial charge in [0.1, 0.15) is 11.4 Å². The number of anilines is 1. The Hall–Kier alpha value is -3.73. The summed E-state index contributed by atoms with van der Waals surface area (Å²) in [6.45, 7) is 3.53. The van der Waals surface area contributed by atoms with E-state index in [2.05, 4.69) is 15.4 Å². The summed E-state index contributed by atoms with van der Waals surface area (Å²) in [5.74, 6) is -2.40. The van der Waals surface area contributed by atoms with Gasteiger partial charge in [0.05, 0.1) is 21.7 Å². The highest BCUT2D eigenvalue weighted by atomic mass is 32.1. The van der Waals surface area contributed by atoms with E-state index in [1.54, 1.807) is 42.8 Å². The maximum absolute atomic E-state index is 13.3. The zero-order valence-corrected chi connectivity index (χ0v) is 17.2. The lowest BCUT2D eigenvalue weighted by molar-refractivity contribution is -0.386. The van der Waals surface area contributed by atoms with Gasteiger partial charge in [-0.1, -0.05) is 23.5 Å². The largest absolute Gasteiger partial charge is 0.312 e. The van der Waals surface area contributed by atoms with Gasteiger partial charge in [0.15, 0.2) is 16.8 Å². The van der Waals surface area contributed by atoms with Crippen molar-refractivity contribution in [2.45, 2.75) is 20.4 Å².